The van der Waals surface area contributed by atoms with E-state index in [1.54, 1.807) is 12.1 Å². The summed E-state index contributed by atoms with van der Waals surface area (Å²) in [6.45, 7) is 12.9. The van der Waals surface area contributed by atoms with Gasteiger partial charge in [-0.2, -0.15) is 0 Å². The number of anilines is 1. The molecule has 6 heteroatoms. The van der Waals surface area contributed by atoms with Gasteiger partial charge in [-0.25, -0.2) is 0 Å². The number of non-ortho nitro benzene ring substituents is 1. The van der Waals surface area contributed by atoms with Gasteiger partial charge in [-0.05, 0) is 35.7 Å². The van der Waals surface area contributed by atoms with Gasteiger partial charge in [0.2, 0.25) is 0 Å². The van der Waals surface area contributed by atoms with Crippen molar-refractivity contribution < 1.29 is 4.92 Å². The highest BCUT2D eigenvalue weighted by atomic mass is 16.6. The van der Waals surface area contributed by atoms with E-state index in [4.69, 9.17) is 5.73 Å². The van der Waals surface area contributed by atoms with E-state index in [0.29, 0.717) is 0 Å². The fraction of sp³-hybridized carbons (Fsp3) is 0.333. The zero-order valence-electron chi connectivity index (χ0n) is 18.5. The fourth-order valence-corrected chi connectivity index (χ4v) is 3.18. The lowest BCUT2D eigenvalue weighted by molar-refractivity contribution is -0.384. The second-order valence-corrected chi connectivity index (χ2v) is 9.74. The van der Waals surface area contributed by atoms with E-state index in [1.807, 2.05) is 18.2 Å². The molecular weight excluding hydrogens is 376 g/mol. The van der Waals surface area contributed by atoms with E-state index >= 15 is 0 Å². The van der Waals surface area contributed by atoms with E-state index < -0.39 is 0 Å². The number of nitrogens with two attached hydrogens (primary N) is 1. The molecule has 30 heavy (non-hydrogen) atoms. The number of nitrogen functional groups attached to an aromatic ring is 1. The molecule has 0 saturated heterocycles. The summed E-state index contributed by atoms with van der Waals surface area (Å²) in [6, 6.07) is 15.1. The molecule has 0 aliphatic carbocycles. The number of nitrogens with zero attached hydrogens (tertiary/aromatic N) is 1. The maximum absolute atomic E-state index is 10.6. The summed E-state index contributed by atoms with van der Waals surface area (Å²) < 4.78 is 0. The molecule has 6 nitrogen and oxygen atoms in total. The Balaban J connectivity index is 0.000000172. The minimum absolute atomic E-state index is 0.0216. The van der Waals surface area contributed by atoms with Gasteiger partial charge >= 0.3 is 0 Å². The molecule has 0 amide bonds. The number of H-pyrrole nitrogens is 2. The monoisotopic (exact) mass is 406 g/mol. The number of fused-ring (bicyclic) bond motifs is 2. The first kappa shape index (κ1) is 21.4. The van der Waals surface area contributed by atoms with Crippen molar-refractivity contribution in [2.24, 2.45) is 0 Å². The first-order chi connectivity index (χ1) is 13.8. The molecule has 4 N–H and O–H groups in total. The molecule has 0 aliphatic heterocycles. The molecule has 0 saturated carbocycles. The molecule has 0 unspecified atom stereocenters. The summed E-state index contributed by atoms with van der Waals surface area (Å²) in [6.07, 6.45) is 0. The second kappa shape index (κ2) is 7.52. The number of nitro groups is 1. The van der Waals surface area contributed by atoms with Gasteiger partial charge in [0, 0.05) is 50.9 Å². The SMILES string of the molecule is CC(C)(C)c1cc2ccc(N)cc2[nH]1.CC(C)(C)c1cc2ccc([N+](=O)[O-])cc2[nH]1. The number of nitrogens with one attached hydrogen (secondary N) is 2. The lowest BCUT2D eigenvalue weighted by Gasteiger charge is -2.15. The lowest BCUT2D eigenvalue weighted by Crippen LogP contribution is -2.10. The van der Waals surface area contributed by atoms with Crippen LogP contribution in [0.1, 0.15) is 52.9 Å². The van der Waals surface area contributed by atoms with E-state index in [2.05, 4.69) is 63.6 Å². The van der Waals surface area contributed by atoms with Crippen LogP contribution in [0.3, 0.4) is 0 Å². The Kier molecular flexibility index (Phi) is 5.37. The number of nitro benzene ring substituents is 1. The number of aromatic amines is 2. The quantitative estimate of drug-likeness (QED) is 0.193. The third-order valence-corrected chi connectivity index (χ3v) is 5.08. The topological polar surface area (TPSA) is 101 Å². The van der Waals surface area contributed by atoms with Crippen LogP contribution in [0.15, 0.2) is 48.5 Å². The van der Waals surface area contributed by atoms with Crippen molar-refractivity contribution in [1.29, 1.82) is 0 Å². The third-order valence-electron chi connectivity index (χ3n) is 5.08. The van der Waals surface area contributed by atoms with Gasteiger partial charge in [-0.3, -0.25) is 10.1 Å². The maximum Gasteiger partial charge on any atom is 0.271 e. The zero-order valence-corrected chi connectivity index (χ0v) is 18.5. The molecule has 0 radical (unpaired) electrons. The molecule has 2 aromatic carbocycles. The van der Waals surface area contributed by atoms with Gasteiger partial charge in [0.15, 0.2) is 0 Å². The molecule has 2 aromatic heterocycles. The van der Waals surface area contributed by atoms with Crippen molar-refractivity contribution in [3.8, 4) is 0 Å². The molecule has 0 fully saturated rings. The Hall–Kier alpha value is -3.28. The van der Waals surface area contributed by atoms with Crippen molar-refractivity contribution in [3.05, 3.63) is 70.0 Å². The van der Waals surface area contributed by atoms with Crippen LogP contribution in [0, 0.1) is 10.1 Å². The molecule has 0 aliphatic rings. The van der Waals surface area contributed by atoms with Gasteiger partial charge in [-0.1, -0.05) is 47.6 Å². The summed E-state index contributed by atoms with van der Waals surface area (Å²) in [5, 5.41) is 12.9. The van der Waals surface area contributed by atoms with Crippen molar-refractivity contribution >= 4 is 33.2 Å². The van der Waals surface area contributed by atoms with Crippen LogP contribution < -0.4 is 5.73 Å². The molecular formula is C24H30N4O2. The first-order valence-electron chi connectivity index (χ1n) is 10.0. The summed E-state index contributed by atoms with van der Waals surface area (Å²) in [5.74, 6) is 0. The van der Waals surface area contributed by atoms with Gasteiger partial charge in [0.1, 0.15) is 0 Å². The number of hydrogen-bond acceptors (Lipinski definition) is 3. The van der Waals surface area contributed by atoms with Crippen LogP contribution >= 0.6 is 0 Å². The predicted molar refractivity (Wildman–Crippen MR) is 125 cm³/mol. The van der Waals surface area contributed by atoms with E-state index in [0.717, 1.165) is 27.8 Å². The summed E-state index contributed by atoms with van der Waals surface area (Å²) in [5.41, 5.74) is 11.1. The lowest BCUT2D eigenvalue weighted by atomic mass is 9.92. The molecule has 4 rings (SSSR count). The van der Waals surface area contributed by atoms with Crippen molar-refractivity contribution in [1.82, 2.24) is 9.97 Å². The fourth-order valence-electron chi connectivity index (χ4n) is 3.18. The third kappa shape index (κ3) is 4.64. The zero-order chi connectivity index (χ0) is 22.3. The Morgan fingerprint density at radius 2 is 1.23 bits per heavy atom. The van der Waals surface area contributed by atoms with Crippen LogP contribution in [-0.4, -0.2) is 14.9 Å². The summed E-state index contributed by atoms with van der Waals surface area (Å²) in [7, 11) is 0. The van der Waals surface area contributed by atoms with Crippen molar-refractivity contribution in [2.75, 3.05) is 5.73 Å². The van der Waals surface area contributed by atoms with Crippen molar-refractivity contribution in [3.63, 3.8) is 0 Å². The van der Waals surface area contributed by atoms with Crippen LogP contribution in [0.4, 0.5) is 11.4 Å². The van der Waals surface area contributed by atoms with Gasteiger partial charge < -0.3 is 15.7 Å². The molecule has 0 bridgehead atoms. The highest BCUT2D eigenvalue weighted by Gasteiger charge is 2.17. The van der Waals surface area contributed by atoms with Crippen LogP contribution in [-0.2, 0) is 10.8 Å². The predicted octanol–water partition coefficient (Wildman–Crippen LogP) is 6.42. The smallest absolute Gasteiger partial charge is 0.271 e. The Labute approximate surface area is 176 Å². The van der Waals surface area contributed by atoms with Gasteiger partial charge in [0.25, 0.3) is 5.69 Å². The van der Waals surface area contributed by atoms with E-state index in [9.17, 15) is 10.1 Å². The number of hydrogen-bond donors (Lipinski definition) is 3. The summed E-state index contributed by atoms with van der Waals surface area (Å²) >= 11 is 0. The van der Waals surface area contributed by atoms with E-state index in [1.165, 1.54) is 17.1 Å². The molecule has 158 valence electrons. The average molecular weight is 407 g/mol. The average Bonchev–Trinajstić information content (AvgIpc) is 3.24. The Morgan fingerprint density at radius 1 is 0.767 bits per heavy atom. The van der Waals surface area contributed by atoms with Crippen molar-refractivity contribution in [2.45, 2.75) is 52.4 Å². The highest BCUT2D eigenvalue weighted by Crippen LogP contribution is 2.28. The Morgan fingerprint density at radius 3 is 1.70 bits per heavy atom. The molecule has 0 atom stereocenters. The van der Waals surface area contributed by atoms with Gasteiger partial charge in [-0.15, -0.1) is 0 Å². The second-order valence-electron chi connectivity index (χ2n) is 9.74. The van der Waals surface area contributed by atoms with Crippen LogP contribution in [0.25, 0.3) is 21.8 Å². The summed E-state index contributed by atoms with van der Waals surface area (Å²) in [4.78, 5) is 16.9. The van der Waals surface area contributed by atoms with Crippen LogP contribution in [0.5, 0.6) is 0 Å². The highest BCUT2D eigenvalue weighted by molar-refractivity contribution is 5.84. The molecule has 0 spiro atoms. The number of rotatable bonds is 1. The van der Waals surface area contributed by atoms with E-state index in [-0.39, 0.29) is 21.4 Å². The molecule has 2 heterocycles. The first-order valence-corrected chi connectivity index (χ1v) is 10.0. The minimum atomic E-state index is -0.378. The van der Waals surface area contributed by atoms with Crippen LogP contribution in [0.2, 0.25) is 0 Å². The van der Waals surface area contributed by atoms with Gasteiger partial charge in [0.05, 0.1) is 10.4 Å². The number of benzene rings is 2. The minimum Gasteiger partial charge on any atom is -0.399 e. The normalized spacial score (nSPS) is 12.1. The molecule has 4 aromatic rings. The maximum atomic E-state index is 10.6. The standard InChI is InChI=1S/C12H14N2O2.C12H16N2/c1-12(2,3)11-6-8-4-5-9(14(15)16)7-10(8)13-11;1-12(2,3)11-6-8-4-5-9(13)7-10(8)14-11/h4-7,13H,1-3H3;4-7,14H,13H2,1-3H3. The Bertz CT molecular complexity index is 1200. The number of aromatic nitrogens is 2. The largest absolute Gasteiger partial charge is 0.399 e.